The van der Waals surface area contributed by atoms with E-state index >= 15 is 0 Å². The lowest BCUT2D eigenvalue weighted by atomic mass is 9.77. The van der Waals surface area contributed by atoms with Crippen LogP contribution in [0.25, 0.3) is 0 Å². The second-order valence-electron chi connectivity index (χ2n) is 6.27. The number of carbonyl (C=O) groups is 1. The molecule has 0 saturated carbocycles. The first-order valence-corrected chi connectivity index (χ1v) is 7.18. The second-order valence-corrected chi connectivity index (χ2v) is 6.27. The molecule has 1 fully saturated rings. The van der Waals surface area contributed by atoms with Crippen LogP contribution in [0.4, 0.5) is 4.39 Å². The molecule has 1 amide bonds. The summed E-state index contributed by atoms with van der Waals surface area (Å²) >= 11 is 0. The molecule has 1 aromatic carbocycles. The SMILES string of the molecule is Cc1ccc(F)cc1C(=O)NCC1NCCCC1(C)C. The first-order valence-electron chi connectivity index (χ1n) is 7.18. The van der Waals surface area contributed by atoms with E-state index in [1.165, 1.54) is 18.6 Å². The Bertz CT molecular complexity index is 499. The van der Waals surface area contributed by atoms with E-state index in [0.717, 1.165) is 18.5 Å². The van der Waals surface area contributed by atoms with Crippen LogP contribution in [-0.4, -0.2) is 25.0 Å². The number of halogens is 1. The Morgan fingerprint density at radius 3 is 2.95 bits per heavy atom. The van der Waals surface area contributed by atoms with Gasteiger partial charge in [0.2, 0.25) is 0 Å². The van der Waals surface area contributed by atoms with Gasteiger partial charge < -0.3 is 10.6 Å². The number of amides is 1. The number of nitrogens with one attached hydrogen (secondary N) is 2. The van der Waals surface area contributed by atoms with E-state index in [2.05, 4.69) is 24.5 Å². The van der Waals surface area contributed by atoms with E-state index < -0.39 is 0 Å². The van der Waals surface area contributed by atoms with Crippen molar-refractivity contribution in [3.8, 4) is 0 Å². The number of hydrogen-bond donors (Lipinski definition) is 2. The fraction of sp³-hybridized carbons (Fsp3) is 0.562. The molecule has 1 saturated heterocycles. The predicted molar refractivity (Wildman–Crippen MR) is 78.3 cm³/mol. The Balaban J connectivity index is 2.00. The van der Waals surface area contributed by atoms with Gasteiger partial charge in [-0.3, -0.25) is 4.79 Å². The van der Waals surface area contributed by atoms with Gasteiger partial charge in [-0.2, -0.15) is 0 Å². The summed E-state index contributed by atoms with van der Waals surface area (Å²) in [7, 11) is 0. The highest BCUT2D eigenvalue weighted by Crippen LogP contribution is 2.29. The zero-order chi connectivity index (χ0) is 14.8. The predicted octanol–water partition coefficient (Wildman–Crippen LogP) is 2.64. The van der Waals surface area contributed by atoms with E-state index in [9.17, 15) is 9.18 Å². The fourth-order valence-electron chi connectivity index (χ4n) is 2.75. The molecule has 110 valence electrons. The molecular formula is C16H23FN2O. The fourth-order valence-corrected chi connectivity index (χ4v) is 2.75. The molecule has 1 unspecified atom stereocenters. The molecule has 0 spiro atoms. The van der Waals surface area contributed by atoms with Gasteiger partial charge >= 0.3 is 0 Å². The lowest BCUT2D eigenvalue weighted by Gasteiger charge is -2.39. The van der Waals surface area contributed by atoms with E-state index in [4.69, 9.17) is 0 Å². The van der Waals surface area contributed by atoms with Crippen molar-refractivity contribution in [2.45, 2.75) is 39.7 Å². The first kappa shape index (κ1) is 15.0. The molecule has 2 N–H and O–H groups in total. The van der Waals surface area contributed by atoms with Gasteiger partial charge in [-0.05, 0) is 49.4 Å². The van der Waals surface area contributed by atoms with Crippen molar-refractivity contribution >= 4 is 5.91 Å². The Hall–Kier alpha value is -1.42. The molecule has 20 heavy (non-hydrogen) atoms. The number of rotatable bonds is 3. The summed E-state index contributed by atoms with van der Waals surface area (Å²) in [6.07, 6.45) is 2.32. The average Bonchev–Trinajstić information content (AvgIpc) is 2.39. The topological polar surface area (TPSA) is 41.1 Å². The molecule has 1 aromatic rings. The zero-order valence-electron chi connectivity index (χ0n) is 12.4. The molecule has 4 heteroatoms. The summed E-state index contributed by atoms with van der Waals surface area (Å²) < 4.78 is 13.2. The highest BCUT2D eigenvalue weighted by molar-refractivity contribution is 5.95. The second kappa shape index (κ2) is 5.92. The number of piperidine rings is 1. The monoisotopic (exact) mass is 278 g/mol. The minimum Gasteiger partial charge on any atom is -0.350 e. The summed E-state index contributed by atoms with van der Waals surface area (Å²) in [6, 6.07) is 4.56. The maximum absolute atomic E-state index is 13.2. The summed E-state index contributed by atoms with van der Waals surface area (Å²) in [5, 5.41) is 6.38. The van der Waals surface area contributed by atoms with Crippen molar-refractivity contribution in [3.63, 3.8) is 0 Å². The molecule has 3 nitrogen and oxygen atoms in total. The molecule has 0 radical (unpaired) electrons. The minimum atomic E-state index is -0.378. The minimum absolute atomic E-state index is 0.169. The molecule has 1 atom stereocenters. The van der Waals surface area contributed by atoms with Crippen LogP contribution in [0, 0.1) is 18.2 Å². The summed E-state index contributed by atoms with van der Waals surface area (Å²) in [6.45, 7) is 7.80. The lowest BCUT2D eigenvalue weighted by molar-refractivity contribution is 0.0928. The number of carbonyl (C=O) groups excluding carboxylic acids is 1. The Labute approximate surface area is 120 Å². The third-order valence-corrected chi connectivity index (χ3v) is 4.24. The number of hydrogen-bond acceptors (Lipinski definition) is 2. The summed E-state index contributed by atoms with van der Waals surface area (Å²) in [4.78, 5) is 12.2. The number of benzene rings is 1. The molecular weight excluding hydrogens is 255 g/mol. The Morgan fingerprint density at radius 2 is 2.25 bits per heavy atom. The maximum atomic E-state index is 13.2. The third kappa shape index (κ3) is 3.37. The summed E-state index contributed by atoms with van der Waals surface area (Å²) in [5.41, 5.74) is 1.38. The van der Waals surface area contributed by atoms with Crippen LogP contribution in [0.3, 0.4) is 0 Å². The first-order chi connectivity index (χ1) is 9.40. The Kier molecular flexibility index (Phi) is 4.43. The van der Waals surface area contributed by atoms with Gasteiger partial charge in [0.05, 0.1) is 0 Å². The lowest BCUT2D eigenvalue weighted by Crippen LogP contribution is -2.52. The highest BCUT2D eigenvalue weighted by atomic mass is 19.1. The molecule has 0 aromatic heterocycles. The van der Waals surface area contributed by atoms with Crippen LogP contribution >= 0.6 is 0 Å². The van der Waals surface area contributed by atoms with Gasteiger partial charge in [-0.1, -0.05) is 19.9 Å². The number of aryl methyl sites for hydroxylation is 1. The highest BCUT2D eigenvalue weighted by Gasteiger charge is 2.32. The van der Waals surface area contributed by atoms with Gasteiger partial charge in [0.25, 0.3) is 5.91 Å². The molecule has 0 bridgehead atoms. The normalized spacial score (nSPS) is 21.5. The van der Waals surface area contributed by atoms with Crippen molar-refractivity contribution in [2.75, 3.05) is 13.1 Å². The molecule has 1 heterocycles. The average molecular weight is 278 g/mol. The molecule has 1 aliphatic heterocycles. The Morgan fingerprint density at radius 1 is 1.50 bits per heavy atom. The van der Waals surface area contributed by atoms with E-state index in [1.807, 2.05) is 6.92 Å². The molecule has 0 aliphatic carbocycles. The standard InChI is InChI=1S/C16H23FN2O/c1-11-5-6-12(17)9-13(11)15(20)19-10-14-16(2,3)7-4-8-18-14/h5-6,9,14,18H,4,7-8,10H2,1-3H3,(H,19,20). The van der Waals surface area contributed by atoms with Gasteiger partial charge in [-0.25, -0.2) is 4.39 Å². The van der Waals surface area contributed by atoms with E-state index in [0.29, 0.717) is 12.1 Å². The van der Waals surface area contributed by atoms with Gasteiger partial charge in [0.1, 0.15) is 5.82 Å². The molecule has 2 rings (SSSR count). The van der Waals surface area contributed by atoms with Gasteiger partial charge in [0.15, 0.2) is 0 Å². The van der Waals surface area contributed by atoms with Crippen molar-refractivity contribution in [3.05, 3.63) is 35.1 Å². The zero-order valence-corrected chi connectivity index (χ0v) is 12.4. The van der Waals surface area contributed by atoms with E-state index in [1.54, 1.807) is 6.07 Å². The molecule has 1 aliphatic rings. The largest absolute Gasteiger partial charge is 0.350 e. The van der Waals surface area contributed by atoms with Crippen LogP contribution in [0.15, 0.2) is 18.2 Å². The van der Waals surface area contributed by atoms with Gasteiger partial charge in [0, 0.05) is 18.2 Å². The van der Waals surface area contributed by atoms with Crippen molar-refractivity contribution in [1.82, 2.24) is 10.6 Å². The third-order valence-electron chi connectivity index (χ3n) is 4.24. The quantitative estimate of drug-likeness (QED) is 0.892. The maximum Gasteiger partial charge on any atom is 0.251 e. The van der Waals surface area contributed by atoms with Crippen molar-refractivity contribution in [1.29, 1.82) is 0 Å². The van der Waals surface area contributed by atoms with Crippen LogP contribution in [0.2, 0.25) is 0 Å². The van der Waals surface area contributed by atoms with Crippen molar-refractivity contribution < 1.29 is 9.18 Å². The van der Waals surface area contributed by atoms with Crippen LogP contribution in [0.5, 0.6) is 0 Å². The smallest absolute Gasteiger partial charge is 0.251 e. The van der Waals surface area contributed by atoms with E-state index in [-0.39, 0.29) is 23.2 Å². The van der Waals surface area contributed by atoms with Crippen LogP contribution in [0.1, 0.15) is 42.6 Å². The van der Waals surface area contributed by atoms with Crippen LogP contribution < -0.4 is 10.6 Å². The van der Waals surface area contributed by atoms with Crippen molar-refractivity contribution in [2.24, 2.45) is 5.41 Å². The van der Waals surface area contributed by atoms with Gasteiger partial charge in [-0.15, -0.1) is 0 Å². The summed E-state index contributed by atoms with van der Waals surface area (Å²) in [5.74, 6) is -0.581. The van der Waals surface area contributed by atoms with Crippen LogP contribution in [-0.2, 0) is 0 Å².